The lowest BCUT2D eigenvalue weighted by Crippen LogP contribution is -1.85. The maximum absolute atomic E-state index is 7.62. The Morgan fingerprint density at radius 1 is 0.750 bits per heavy atom. The molecule has 0 aliphatic carbocycles. The summed E-state index contributed by atoms with van der Waals surface area (Å²) in [5.74, 6) is 0. The maximum atomic E-state index is 7.62. The quantitative estimate of drug-likeness (QED) is 0.494. The molecule has 0 bridgehead atoms. The minimum Gasteiger partial charge on any atom is -0.394 e. The Bertz CT molecular complexity index is 18.5. The van der Waals surface area contributed by atoms with E-state index in [9.17, 15) is 0 Å². The fraction of sp³-hybridized carbons (Fsp3) is 0.333. The molecule has 0 aliphatic heterocycles. The van der Waals surface area contributed by atoms with E-state index in [1.54, 1.807) is 0 Å². The Balaban J connectivity index is -0.0000000542. The molecule has 0 aliphatic rings. The number of aliphatic hydroxyl groups is 2. The van der Waals surface area contributed by atoms with Crippen LogP contribution in [-0.4, -0.2) is 23.4 Å². The van der Waals surface area contributed by atoms with Gasteiger partial charge in [-0.05, 0) is 0 Å². The summed E-state index contributed by atoms with van der Waals surface area (Å²) in [6.07, 6.45) is 0. The zero-order valence-electron chi connectivity index (χ0n) is 5.14. The summed E-state index contributed by atoms with van der Waals surface area (Å²) < 4.78 is 0. The van der Waals surface area contributed by atoms with E-state index < -0.39 is 0 Å². The van der Waals surface area contributed by atoms with Crippen LogP contribution in [0.3, 0.4) is 0 Å². The molecule has 0 saturated carbocycles. The van der Waals surface area contributed by atoms with Crippen molar-refractivity contribution in [3.8, 4) is 0 Å². The topological polar surface area (TPSA) is 40.5 Å². The highest BCUT2D eigenvalue weighted by Crippen LogP contribution is 1.39. The Hall–Kier alpha value is -0.600. The second-order valence-electron chi connectivity index (χ2n) is 0.447. The lowest BCUT2D eigenvalue weighted by Gasteiger charge is -1.70. The second-order valence-corrected chi connectivity index (χ2v) is 0.447. The van der Waals surface area contributed by atoms with Gasteiger partial charge in [0.1, 0.15) is 0 Å². The predicted octanol–water partition coefficient (Wildman–Crippen LogP) is 0.575. The van der Waals surface area contributed by atoms with Crippen molar-refractivity contribution in [2.24, 2.45) is 0 Å². The highest BCUT2D eigenvalue weighted by Gasteiger charge is 1.58. The van der Waals surface area contributed by atoms with Crippen LogP contribution in [-0.2, 0) is 0 Å². The van der Waals surface area contributed by atoms with Crippen molar-refractivity contribution in [1.82, 2.24) is 0 Å². The third-order valence-corrected chi connectivity index (χ3v) is 0.1000. The van der Waals surface area contributed by atoms with Gasteiger partial charge in [-0.15, -0.1) is 26.3 Å². The van der Waals surface area contributed by atoms with Gasteiger partial charge < -0.3 is 10.2 Å². The van der Waals surface area contributed by atoms with Gasteiger partial charge in [0.2, 0.25) is 0 Å². The molecule has 2 heteroatoms. The Morgan fingerprint density at radius 3 is 0.875 bits per heavy atom. The van der Waals surface area contributed by atoms with Gasteiger partial charge in [0, 0.05) is 0 Å². The number of rotatable bonds is 1. The van der Waals surface area contributed by atoms with E-state index in [2.05, 4.69) is 26.3 Å². The predicted molar refractivity (Wildman–Crippen MR) is 36.7 cm³/mol. The molecule has 0 aromatic heterocycles. The van der Waals surface area contributed by atoms with E-state index in [0.717, 1.165) is 0 Å². The molecule has 0 fully saturated rings. The van der Waals surface area contributed by atoms with Gasteiger partial charge in [-0.3, -0.25) is 0 Å². The van der Waals surface area contributed by atoms with Gasteiger partial charge in [0.25, 0.3) is 0 Å². The van der Waals surface area contributed by atoms with Gasteiger partial charge in [-0.2, -0.15) is 0 Å². The van der Waals surface area contributed by atoms with Crippen LogP contribution in [0.25, 0.3) is 0 Å². The summed E-state index contributed by atoms with van der Waals surface area (Å²) in [6, 6.07) is 0. The average molecular weight is 118 g/mol. The van der Waals surface area contributed by atoms with E-state index in [1.165, 1.54) is 0 Å². The molecule has 0 heterocycles. The second kappa shape index (κ2) is 95.2. The van der Waals surface area contributed by atoms with Gasteiger partial charge in [-0.1, -0.05) is 0 Å². The van der Waals surface area contributed by atoms with Crippen LogP contribution in [0.1, 0.15) is 0 Å². The van der Waals surface area contributed by atoms with Crippen LogP contribution in [0.4, 0.5) is 0 Å². The molecule has 0 saturated heterocycles. The first kappa shape index (κ1) is 15.7. The molecule has 0 amide bonds. The summed E-state index contributed by atoms with van der Waals surface area (Å²) in [4.78, 5) is 0. The van der Waals surface area contributed by atoms with E-state index in [0.29, 0.717) is 0 Å². The molecule has 0 rings (SSSR count). The number of aliphatic hydroxyl groups excluding tert-OH is 2. The molecule has 0 aromatic carbocycles. The summed E-state index contributed by atoms with van der Waals surface area (Å²) in [7, 11) is 0. The molecular weight excluding hydrogens is 104 g/mol. The molecule has 0 radical (unpaired) electrons. The van der Waals surface area contributed by atoms with Crippen molar-refractivity contribution in [2.75, 3.05) is 13.2 Å². The molecule has 2 nitrogen and oxygen atoms in total. The van der Waals surface area contributed by atoms with Crippen molar-refractivity contribution >= 4 is 0 Å². The van der Waals surface area contributed by atoms with E-state index in [4.69, 9.17) is 10.2 Å². The minimum absolute atomic E-state index is 0.125. The van der Waals surface area contributed by atoms with Crippen molar-refractivity contribution in [3.63, 3.8) is 0 Å². The molecule has 50 valence electrons. The normalized spacial score (nSPS) is 4.75. The van der Waals surface area contributed by atoms with E-state index in [-0.39, 0.29) is 13.2 Å². The largest absolute Gasteiger partial charge is 0.394 e. The summed E-state index contributed by atoms with van der Waals surface area (Å²) in [5.41, 5.74) is 0. The first-order chi connectivity index (χ1) is 3.91. The zero-order valence-corrected chi connectivity index (χ0v) is 5.14. The maximum Gasteiger partial charge on any atom is 0.0662 e. The van der Waals surface area contributed by atoms with Crippen molar-refractivity contribution in [2.45, 2.75) is 0 Å². The van der Waals surface area contributed by atoms with E-state index in [1.807, 2.05) is 0 Å². The van der Waals surface area contributed by atoms with Crippen LogP contribution < -0.4 is 0 Å². The molecular formula is C6H14O2. The van der Waals surface area contributed by atoms with Gasteiger partial charge in [-0.25, -0.2) is 0 Å². The third-order valence-electron chi connectivity index (χ3n) is 0.1000. The number of hydrogen-bond donors (Lipinski definition) is 2. The Morgan fingerprint density at radius 2 is 0.875 bits per heavy atom. The van der Waals surface area contributed by atoms with Gasteiger partial charge in [0.05, 0.1) is 13.2 Å². The molecule has 8 heavy (non-hydrogen) atoms. The Kier molecular flexibility index (Phi) is 186. The fourth-order valence-electron chi connectivity index (χ4n) is 0. The molecule has 2 N–H and O–H groups in total. The van der Waals surface area contributed by atoms with Crippen LogP contribution in [0, 0.1) is 0 Å². The van der Waals surface area contributed by atoms with Crippen molar-refractivity contribution in [1.29, 1.82) is 0 Å². The SMILES string of the molecule is C=C.C=C.OCCO. The highest BCUT2D eigenvalue weighted by molar-refractivity contribution is 4.22. The monoisotopic (exact) mass is 118 g/mol. The Labute approximate surface area is 50.8 Å². The summed E-state index contributed by atoms with van der Waals surface area (Å²) >= 11 is 0. The standard InChI is InChI=1S/C2H6O2.2C2H4/c3-1-2-4;2*1-2/h3-4H,1-2H2;2*1-2H2. The average Bonchev–Trinajstić information content (AvgIpc) is 1.96. The van der Waals surface area contributed by atoms with Crippen LogP contribution in [0.2, 0.25) is 0 Å². The lowest BCUT2D eigenvalue weighted by molar-refractivity contribution is 0.186. The third kappa shape index (κ3) is 653. The minimum atomic E-state index is -0.125. The van der Waals surface area contributed by atoms with Crippen molar-refractivity contribution < 1.29 is 10.2 Å². The fourth-order valence-corrected chi connectivity index (χ4v) is 0. The lowest BCUT2D eigenvalue weighted by atomic mass is 10.8. The summed E-state index contributed by atoms with van der Waals surface area (Å²) in [6.45, 7) is 11.8. The number of hydrogen-bond acceptors (Lipinski definition) is 2. The molecule has 0 spiro atoms. The van der Waals surface area contributed by atoms with E-state index >= 15 is 0 Å². The first-order valence-corrected chi connectivity index (χ1v) is 2.13. The smallest absolute Gasteiger partial charge is 0.0662 e. The zero-order chi connectivity index (χ0) is 7.41. The molecule has 0 aromatic rings. The van der Waals surface area contributed by atoms with Crippen molar-refractivity contribution in [3.05, 3.63) is 26.3 Å². The van der Waals surface area contributed by atoms with Gasteiger partial charge >= 0.3 is 0 Å². The van der Waals surface area contributed by atoms with Crippen LogP contribution >= 0.6 is 0 Å². The van der Waals surface area contributed by atoms with Gasteiger partial charge in [0.15, 0.2) is 0 Å². The molecule has 0 atom stereocenters. The highest BCUT2D eigenvalue weighted by atomic mass is 16.3. The molecule has 0 unspecified atom stereocenters. The first-order valence-electron chi connectivity index (χ1n) is 2.13. The summed E-state index contributed by atoms with van der Waals surface area (Å²) in [5, 5.41) is 15.2. The van der Waals surface area contributed by atoms with Crippen LogP contribution in [0.15, 0.2) is 26.3 Å². The van der Waals surface area contributed by atoms with Crippen LogP contribution in [0.5, 0.6) is 0 Å².